The molecular weight excluding hydrogens is 362 g/mol. The molecule has 0 N–H and O–H groups in total. The second-order valence-electron chi connectivity index (χ2n) is 6.43. The van der Waals surface area contributed by atoms with Gasteiger partial charge in [0.25, 0.3) is 0 Å². The van der Waals surface area contributed by atoms with Crippen LogP contribution in [0.3, 0.4) is 0 Å². The summed E-state index contributed by atoms with van der Waals surface area (Å²) < 4.78 is 0. The van der Waals surface area contributed by atoms with E-state index in [0.717, 1.165) is 0 Å². The van der Waals surface area contributed by atoms with Gasteiger partial charge in [-0.2, -0.15) is 12.1 Å². The minimum Gasteiger partial charge on any atom is -0.304 e. The lowest BCUT2D eigenvalue weighted by Gasteiger charge is -2.28. The van der Waals surface area contributed by atoms with Gasteiger partial charge >= 0.3 is 0 Å². The van der Waals surface area contributed by atoms with Crippen molar-refractivity contribution < 1.29 is 0 Å². The van der Waals surface area contributed by atoms with E-state index < -0.39 is 7.22 Å². The molecule has 142 valence electrons. The number of benzene rings is 3. The highest BCUT2D eigenvalue weighted by atomic mass is 32.3. The van der Waals surface area contributed by atoms with Crippen molar-refractivity contribution in [2.45, 2.75) is 20.8 Å². The summed E-state index contributed by atoms with van der Waals surface area (Å²) >= 11 is 5.23. The monoisotopic (exact) mass is 393 g/mol. The Morgan fingerprint density at radius 2 is 0.815 bits per heavy atom. The predicted octanol–water partition coefficient (Wildman–Crippen LogP) is 3.93. The molecule has 27 heavy (non-hydrogen) atoms. The van der Waals surface area contributed by atoms with Gasteiger partial charge in [-0.3, -0.25) is 0 Å². The van der Waals surface area contributed by atoms with E-state index in [1.54, 1.807) is 0 Å². The van der Waals surface area contributed by atoms with E-state index in [4.69, 9.17) is 12.1 Å². The van der Waals surface area contributed by atoms with Crippen molar-refractivity contribution in [3.63, 3.8) is 0 Å². The minimum atomic E-state index is -2.18. The van der Waals surface area contributed by atoms with Crippen molar-refractivity contribution in [3.8, 4) is 0 Å². The van der Waals surface area contributed by atoms with Gasteiger partial charge in [-0.15, -0.1) is 0 Å². The van der Waals surface area contributed by atoms with Crippen LogP contribution in [0.1, 0.15) is 20.8 Å². The predicted molar refractivity (Wildman–Crippen MR) is 126 cm³/mol. The van der Waals surface area contributed by atoms with Gasteiger partial charge in [-0.1, -0.05) is 112 Å². The maximum absolute atomic E-state index is 5.23. The number of thiol groups is 1. The van der Waals surface area contributed by atoms with Gasteiger partial charge in [0.2, 0.25) is 7.22 Å². The fraction of sp³-hybridized carbons (Fsp3) is 0.250. The maximum Gasteiger partial charge on any atom is 0.206 e. The van der Waals surface area contributed by atoms with Crippen LogP contribution in [-0.2, 0) is 0 Å². The molecule has 0 saturated heterocycles. The van der Waals surface area contributed by atoms with Gasteiger partial charge in [0.15, 0.2) is 0 Å². The molecular formula is C24H31NSSi. The molecule has 0 spiro atoms. The van der Waals surface area contributed by atoms with Crippen LogP contribution < -0.4 is 15.6 Å². The number of hydrogen-bond acceptors (Lipinski definition) is 2. The molecule has 0 heterocycles. The highest BCUT2D eigenvalue weighted by Gasteiger charge is 2.35. The van der Waals surface area contributed by atoms with E-state index in [-0.39, 0.29) is 0 Å². The van der Waals surface area contributed by atoms with Crippen LogP contribution in [0.4, 0.5) is 0 Å². The number of nitrogens with zero attached hydrogens (tertiary/aromatic N) is 1. The summed E-state index contributed by atoms with van der Waals surface area (Å²) in [6, 6.07) is 31.9. The average molecular weight is 394 g/mol. The van der Waals surface area contributed by atoms with Gasteiger partial charge in [-0.05, 0) is 35.2 Å². The maximum atomic E-state index is 5.23. The van der Waals surface area contributed by atoms with E-state index in [1.807, 2.05) is 0 Å². The summed E-state index contributed by atoms with van der Waals surface area (Å²) in [5.74, 6) is 0. The van der Waals surface area contributed by atoms with Crippen molar-refractivity contribution in [2.24, 2.45) is 0 Å². The molecule has 0 aromatic heterocycles. The molecule has 3 aromatic carbocycles. The Kier molecular flexibility index (Phi) is 8.85. The lowest BCUT2D eigenvalue weighted by atomic mass is 10.3. The largest absolute Gasteiger partial charge is 0.304 e. The second kappa shape index (κ2) is 11.1. The molecule has 3 rings (SSSR count). The van der Waals surface area contributed by atoms with Crippen LogP contribution in [0.25, 0.3) is 0 Å². The number of rotatable bonds is 6. The molecule has 0 aliphatic heterocycles. The van der Waals surface area contributed by atoms with Gasteiger partial charge in [0.05, 0.1) is 0 Å². The van der Waals surface area contributed by atoms with E-state index in [9.17, 15) is 0 Å². The zero-order valence-electron chi connectivity index (χ0n) is 16.7. The fourth-order valence-electron chi connectivity index (χ4n) is 3.21. The molecule has 0 amide bonds. The molecule has 0 fully saturated rings. The molecule has 0 bridgehead atoms. The van der Waals surface area contributed by atoms with Crippen LogP contribution in [0.15, 0.2) is 91.0 Å². The molecule has 3 heteroatoms. The Morgan fingerprint density at radius 3 is 1.00 bits per heavy atom. The normalized spacial score (nSPS) is 11.0. The van der Waals surface area contributed by atoms with E-state index in [2.05, 4.69) is 117 Å². The standard InChI is InChI=1S/C18H16SSi.C6H15N/c19-20(16-10-4-1-5-11-16,17-12-6-2-7-13-17)18-14-8-3-9-15-18;1-4-7(5-2)6-3/h1-15,19H;4-6H2,1-3H3. The third-order valence-electron chi connectivity index (χ3n) is 4.92. The quantitative estimate of drug-likeness (QED) is 0.377. The molecule has 0 aliphatic rings. The summed E-state index contributed by atoms with van der Waals surface area (Å²) in [4.78, 5) is 2.38. The van der Waals surface area contributed by atoms with Gasteiger partial charge in [0, 0.05) is 0 Å². The molecule has 0 saturated carbocycles. The van der Waals surface area contributed by atoms with Gasteiger partial charge in [0.1, 0.15) is 0 Å². The van der Waals surface area contributed by atoms with E-state index >= 15 is 0 Å². The summed E-state index contributed by atoms with van der Waals surface area (Å²) in [5.41, 5.74) is 0. The lowest BCUT2D eigenvalue weighted by Crippen LogP contribution is -2.62. The third-order valence-corrected chi connectivity index (χ3v) is 10.7. The van der Waals surface area contributed by atoms with Crippen LogP contribution in [0.2, 0.25) is 0 Å². The van der Waals surface area contributed by atoms with Crippen molar-refractivity contribution >= 4 is 34.9 Å². The van der Waals surface area contributed by atoms with Crippen LogP contribution in [0, 0.1) is 0 Å². The Balaban J connectivity index is 0.000000321. The molecule has 1 nitrogen and oxygen atoms in total. The van der Waals surface area contributed by atoms with Crippen molar-refractivity contribution in [1.29, 1.82) is 0 Å². The smallest absolute Gasteiger partial charge is 0.206 e. The fourth-order valence-corrected chi connectivity index (χ4v) is 7.58. The highest BCUT2D eigenvalue weighted by Crippen LogP contribution is 2.11. The average Bonchev–Trinajstić information content (AvgIpc) is 2.77. The van der Waals surface area contributed by atoms with Crippen LogP contribution in [0.5, 0.6) is 0 Å². The lowest BCUT2D eigenvalue weighted by molar-refractivity contribution is 0.321. The zero-order valence-corrected chi connectivity index (χ0v) is 18.6. The van der Waals surface area contributed by atoms with Gasteiger partial charge in [-0.25, -0.2) is 0 Å². The van der Waals surface area contributed by atoms with E-state index in [1.165, 1.54) is 35.2 Å². The Bertz CT molecular complexity index is 656. The summed E-state index contributed by atoms with van der Waals surface area (Å²) in [6.45, 7) is 10.1. The summed E-state index contributed by atoms with van der Waals surface area (Å²) in [5, 5.41) is 3.96. The molecule has 0 atom stereocenters. The molecule has 3 aromatic rings. The van der Waals surface area contributed by atoms with Crippen molar-refractivity contribution in [3.05, 3.63) is 91.0 Å². The summed E-state index contributed by atoms with van der Waals surface area (Å²) in [7, 11) is -2.18. The first-order valence-electron chi connectivity index (χ1n) is 9.78. The molecule has 0 radical (unpaired) electrons. The van der Waals surface area contributed by atoms with Crippen molar-refractivity contribution in [1.82, 2.24) is 4.90 Å². The van der Waals surface area contributed by atoms with Crippen molar-refractivity contribution in [2.75, 3.05) is 19.6 Å². The van der Waals surface area contributed by atoms with Crippen LogP contribution in [-0.4, -0.2) is 31.8 Å². The van der Waals surface area contributed by atoms with E-state index in [0.29, 0.717) is 0 Å². The second-order valence-corrected chi connectivity index (χ2v) is 11.6. The number of hydrogen-bond donors (Lipinski definition) is 1. The van der Waals surface area contributed by atoms with Gasteiger partial charge < -0.3 is 4.90 Å². The highest BCUT2D eigenvalue weighted by molar-refractivity contribution is 8.19. The molecule has 0 aliphatic carbocycles. The Hall–Kier alpha value is -1.81. The zero-order chi connectivity index (χ0) is 19.5. The Morgan fingerprint density at radius 1 is 0.556 bits per heavy atom. The third kappa shape index (κ3) is 5.58. The minimum absolute atomic E-state index is 1.19. The first kappa shape index (κ1) is 21.5. The Labute approximate surface area is 171 Å². The SMILES string of the molecule is CCN(CC)CC.S[Si](c1ccccc1)(c1ccccc1)c1ccccc1. The summed E-state index contributed by atoms with van der Waals surface area (Å²) in [6.07, 6.45) is 0. The first-order chi connectivity index (χ1) is 13.2. The molecule has 0 unspecified atom stereocenters. The topological polar surface area (TPSA) is 3.24 Å². The first-order valence-corrected chi connectivity index (χ1v) is 13.1. The van der Waals surface area contributed by atoms with Crippen LogP contribution >= 0.6 is 12.1 Å².